The van der Waals surface area contributed by atoms with E-state index < -0.39 is 0 Å². The van der Waals surface area contributed by atoms with Gasteiger partial charge in [0.1, 0.15) is 6.07 Å². The Morgan fingerprint density at radius 3 is 2.86 bits per heavy atom. The smallest absolute Gasteiger partial charge is 0.101 e. The number of hydrogen-bond acceptors (Lipinski definition) is 2. The molecule has 0 aliphatic heterocycles. The second-order valence-corrected chi connectivity index (χ2v) is 3.99. The zero-order chi connectivity index (χ0) is 9.97. The second-order valence-electron chi connectivity index (χ2n) is 3.58. The van der Waals surface area contributed by atoms with Crippen LogP contribution in [-0.2, 0) is 6.54 Å². The molecule has 14 heavy (non-hydrogen) atoms. The Labute approximate surface area is 88.5 Å². The highest BCUT2D eigenvalue weighted by Gasteiger charge is 2.19. The highest BCUT2D eigenvalue weighted by molar-refractivity contribution is 6.31. The lowest BCUT2D eigenvalue weighted by Crippen LogP contribution is -2.15. The van der Waals surface area contributed by atoms with Gasteiger partial charge in [0.25, 0.3) is 0 Å². The topological polar surface area (TPSA) is 35.8 Å². The van der Waals surface area contributed by atoms with Crippen LogP contribution in [0.5, 0.6) is 0 Å². The van der Waals surface area contributed by atoms with Crippen LogP contribution in [0, 0.1) is 11.3 Å². The Kier molecular flexibility index (Phi) is 2.72. The number of nitrogens with one attached hydrogen (secondary N) is 1. The first-order valence-corrected chi connectivity index (χ1v) is 5.09. The summed E-state index contributed by atoms with van der Waals surface area (Å²) < 4.78 is 0. The van der Waals surface area contributed by atoms with Crippen LogP contribution in [0.4, 0.5) is 0 Å². The van der Waals surface area contributed by atoms with Crippen LogP contribution >= 0.6 is 11.6 Å². The summed E-state index contributed by atoms with van der Waals surface area (Å²) in [7, 11) is 0. The average Bonchev–Trinajstić information content (AvgIpc) is 2.98. The fourth-order valence-electron chi connectivity index (χ4n) is 1.31. The van der Waals surface area contributed by atoms with E-state index in [4.69, 9.17) is 16.9 Å². The van der Waals surface area contributed by atoms with E-state index in [-0.39, 0.29) is 0 Å². The maximum Gasteiger partial charge on any atom is 0.101 e. The molecule has 1 aromatic carbocycles. The Hall–Kier alpha value is -1.04. The van der Waals surface area contributed by atoms with Gasteiger partial charge in [0, 0.05) is 12.6 Å². The number of rotatable bonds is 3. The van der Waals surface area contributed by atoms with Crippen LogP contribution < -0.4 is 5.32 Å². The minimum absolute atomic E-state index is 0.543. The summed E-state index contributed by atoms with van der Waals surface area (Å²) >= 11 is 5.91. The van der Waals surface area contributed by atoms with Gasteiger partial charge in [-0.2, -0.15) is 5.26 Å². The predicted molar refractivity (Wildman–Crippen MR) is 56.0 cm³/mol. The SMILES string of the molecule is N#Cc1ccc(CNC2CC2)cc1Cl. The van der Waals surface area contributed by atoms with E-state index in [1.807, 2.05) is 18.2 Å². The van der Waals surface area contributed by atoms with Gasteiger partial charge < -0.3 is 5.32 Å². The largest absolute Gasteiger partial charge is 0.310 e. The van der Waals surface area contributed by atoms with Crippen LogP contribution in [0.15, 0.2) is 18.2 Å². The Balaban J connectivity index is 2.03. The van der Waals surface area contributed by atoms with Gasteiger partial charge >= 0.3 is 0 Å². The van der Waals surface area contributed by atoms with Gasteiger partial charge in [-0.05, 0) is 30.5 Å². The first kappa shape index (κ1) is 9.51. The molecule has 1 fully saturated rings. The lowest BCUT2D eigenvalue weighted by molar-refractivity contribution is 0.688. The second kappa shape index (κ2) is 4.00. The van der Waals surface area contributed by atoms with Crippen molar-refractivity contribution in [2.45, 2.75) is 25.4 Å². The summed E-state index contributed by atoms with van der Waals surface area (Å²) in [6.07, 6.45) is 2.56. The first-order chi connectivity index (χ1) is 6.79. The van der Waals surface area contributed by atoms with Crippen molar-refractivity contribution in [1.82, 2.24) is 5.32 Å². The number of hydrogen-bond donors (Lipinski definition) is 1. The lowest BCUT2D eigenvalue weighted by atomic mass is 10.1. The molecule has 0 amide bonds. The van der Waals surface area contributed by atoms with Gasteiger partial charge in [0.05, 0.1) is 10.6 Å². The molecular formula is C11H11ClN2. The third-order valence-corrected chi connectivity index (χ3v) is 2.64. The third-order valence-electron chi connectivity index (χ3n) is 2.33. The molecule has 0 unspecified atom stereocenters. The van der Waals surface area contributed by atoms with Crippen LogP contribution in [-0.4, -0.2) is 6.04 Å². The van der Waals surface area contributed by atoms with E-state index >= 15 is 0 Å². The van der Waals surface area contributed by atoms with E-state index in [0.717, 1.165) is 12.1 Å². The van der Waals surface area contributed by atoms with Crippen molar-refractivity contribution in [3.63, 3.8) is 0 Å². The summed E-state index contributed by atoms with van der Waals surface area (Å²) in [5, 5.41) is 12.6. The van der Waals surface area contributed by atoms with E-state index in [1.54, 1.807) is 6.07 Å². The maximum atomic E-state index is 8.69. The maximum absolute atomic E-state index is 8.69. The summed E-state index contributed by atoms with van der Waals surface area (Å²) in [5.41, 5.74) is 1.68. The molecule has 1 aliphatic rings. The molecule has 2 nitrogen and oxygen atoms in total. The number of nitriles is 1. The van der Waals surface area contributed by atoms with E-state index in [0.29, 0.717) is 16.6 Å². The van der Waals surface area contributed by atoms with Crippen LogP contribution in [0.2, 0.25) is 5.02 Å². The molecule has 1 saturated carbocycles. The quantitative estimate of drug-likeness (QED) is 0.825. The summed E-state index contributed by atoms with van der Waals surface area (Å²) in [6.45, 7) is 0.843. The zero-order valence-electron chi connectivity index (χ0n) is 7.76. The van der Waals surface area contributed by atoms with Gasteiger partial charge in [-0.1, -0.05) is 17.7 Å². The van der Waals surface area contributed by atoms with Crippen LogP contribution in [0.25, 0.3) is 0 Å². The first-order valence-electron chi connectivity index (χ1n) is 4.71. The molecule has 0 aromatic heterocycles. The summed E-state index contributed by atoms with van der Waals surface area (Å²) in [6, 6.07) is 8.32. The van der Waals surface area contributed by atoms with Gasteiger partial charge in [-0.3, -0.25) is 0 Å². The Morgan fingerprint density at radius 2 is 2.29 bits per heavy atom. The van der Waals surface area contributed by atoms with Crippen molar-refractivity contribution in [2.24, 2.45) is 0 Å². The molecule has 1 N–H and O–H groups in total. The highest BCUT2D eigenvalue weighted by atomic mass is 35.5. The van der Waals surface area contributed by atoms with Gasteiger partial charge in [-0.15, -0.1) is 0 Å². The number of benzene rings is 1. The van der Waals surface area contributed by atoms with E-state index in [9.17, 15) is 0 Å². The molecule has 1 aliphatic carbocycles. The van der Waals surface area contributed by atoms with E-state index in [1.165, 1.54) is 12.8 Å². The van der Waals surface area contributed by atoms with Crippen molar-refractivity contribution < 1.29 is 0 Å². The summed E-state index contributed by atoms with van der Waals surface area (Å²) in [5.74, 6) is 0. The van der Waals surface area contributed by atoms with Crippen molar-refractivity contribution in [1.29, 1.82) is 5.26 Å². The summed E-state index contributed by atoms with van der Waals surface area (Å²) in [4.78, 5) is 0. The molecule has 0 spiro atoms. The predicted octanol–water partition coefficient (Wildman–Crippen LogP) is 2.46. The monoisotopic (exact) mass is 206 g/mol. The molecule has 0 bridgehead atoms. The standard InChI is InChI=1S/C11H11ClN2/c12-11-5-8(1-2-9(11)6-13)7-14-10-3-4-10/h1-2,5,10,14H,3-4,7H2. The highest BCUT2D eigenvalue weighted by Crippen LogP contribution is 2.21. The van der Waals surface area contributed by atoms with Crippen molar-refractivity contribution in [3.05, 3.63) is 34.3 Å². The Morgan fingerprint density at radius 1 is 1.50 bits per heavy atom. The minimum Gasteiger partial charge on any atom is -0.310 e. The van der Waals surface area contributed by atoms with Gasteiger partial charge in [0.2, 0.25) is 0 Å². The lowest BCUT2D eigenvalue weighted by Gasteiger charge is -2.03. The van der Waals surface area contributed by atoms with Crippen LogP contribution in [0.1, 0.15) is 24.0 Å². The van der Waals surface area contributed by atoms with Crippen LogP contribution in [0.3, 0.4) is 0 Å². The molecule has 1 aromatic rings. The number of nitrogens with zero attached hydrogens (tertiary/aromatic N) is 1. The normalized spacial score (nSPS) is 15.1. The van der Waals surface area contributed by atoms with E-state index in [2.05, 4.69) is 5.32 Å². The number of halogens is 1. The molecular weight excluding hydrogens is 196 g/mol. The molecule has 0 radical (unpaired) electrons. The molecule has 0 heterocycles. The third kappa shape index (κ3) is 2.25. The fourth-order valence-corrected chi connectivity index (χ4v) is 1.55. The molecule has 3 heteroatoms. The van der Waals surface area contributed by atoms with Crippen molar-refractivity contribution in [2.75, 3.05) is 0 Å². The minimum atomic E-state index is 0.543. The van der Waals surface area contributed by atoms with Gasteiger partial charge in [-0.25, -0.2) is 0 Å². The Bertz CT molecular complexity index is 377. The van der Waals surface area contributed by atoms with Crippen molar-refractivity contribution >= 4 is 11.6 Å². The zero-order valence-corrected chi connectivity index (χ0v) is 8.51. The van der Waals surface area contributed by atoms with Crippen molar-refractivity contribution in [3.8, 4) is 6.07 Å². The fraction of sp³-hybridized carbons (Fsp3) is 0.364. The molecule has 0 saturated heterocycles. The average molecular weight is 207 g/mol. The van der Waals surface area contributed by atoms with Gasteiger partial charge in [0.15, 0.2) is 0 Å². The molecule has 2 rings (SSSR count). The molecule has 0 atom stereocenters. The molecule has 72 valence electrons.